The van der Waals surface area contributed by atoms with Crippen molar-refractivity contribution in [3.8, 4) is 0 Å². The highest BCUT2D eigenvalue weighted by Gasteiger charge is 2.12. The van der Waals surface area contributed by atoms with Crippen LogP contribution in [-0.2, 0) is 6.54 Å². The average Bonchev–Trinajstić information content (AvgIpc) is 2.85. The summed E-state index contributed by atoms with van der Waals surface area (Å²) in [6.07, 6.45) is 2.08. The van der Waals surface area contributed by atoms with E-state index < -0.39 is 0 Å². The van der Waals surface area contributed by atoms with E-state index in [-0.39, 0.29) is 0 Å². The van der Waals surface area contributed by atoms with E-state index in [9.17, 15) is 0 Å². The smallest absolute Gasteiger partial charge is 0.138 e. The fraction of sp³-hybridized carbons (Fsp3) is 0.235. The zero-order valence-electron chi connectivity index (χ0n) is 12.3. The summed E-state index contributed by atoms with van der Waals surface area (Å²) >= 11 is 1.73. The quantitative estimate of drug-likeness (QED) is 0.774. The van der Waals surface area contributed by atoms with Crippen LogP contribution in [-0.4, -0.2) is 15.9 Å². The molecule has 0 aliphatic carbocycles. The number of benzene rings is 1. The van der Waals surface area contributed by atoms with Gasteiger partial charge in [0.2, 0.25) is 0 Å². The Morgan fingerprint density at radius 2 is 1.95 bits per heavy atom. The Balaban J connectivity index is 1.97. The Bertz CT molecular complexity index is 731. The summed E-state index contributed by atoms with van der Waals surface area (Å²) in [6.45, 7) is 6.01. The van der Waals surface area contributed by atoms with Gasteiger partial charge in [-0.1, -0.05) is 42.4 Å². The third-order valence-corrected chi connectivity index (χ3v) is 4.40. The molecule has 3 nitrogen and oxygen atoms in total. The van der Waals surface area contributed by atoms with Crippen LogP contribution in [0.15, 0.2) is 58.6 Å². The third kappa shape index (κ3) is 3.12. The lowest BCUT2D eigenvalue weighted by molar-refractivity contribution is 0.694. The van der Waals surface area contributed by atoms with Crippen molar-refractivity contribution >= 4 is 17.4 Å². The highest BCUT2D eigenvalue weighted by atomic mass is 32.2. The molecule has 3 aromatic rings. The highest BCUT2D eigenvalue weighted by molar-refractivity contribution is 7.99. The molecule has 21 heavy (non-hydrogen) atoms. The van der Waals surface area contributed by atoms with E-state index in [4.69, 9.17) is 4.98 Å². The van der Waals surface area contributed by atoms with Crippen LogP contribution in [0.1, 0.15) is 18.2 Å². The minimum absolute atomic E-state index is 0.829. The summed E-state index contributed by atoms with van der Waals surface area (Å²) < 4.78 is 2.17. The molecular weight excluding hydrogens is 278 g/mol. The van der Waals surface area contributed by atoms with Gasteiger partial charge in [-0.05, 0) is 37.7 Å². The summed E-state index contributed by atoms with van der Waals surface area (Å²) in [5.74, 6) is 0. The van der Waals surface area contributed by atoms with Crippen molar-refractivity contribution in [2.24, 2.45) is 0 Å². The molecule has 0 saturated carbocycles. The Morgan fingerprint density at radius 3 is 2.71 bits per heavy atom. The van der Waals surface area contributed by atoms with Crippen LogP contribution in [0.2, 0.25) is 0 Å². The van der Waals surface area contributed by atoms with E-state index in [1.807, 2.05) is 12.1 Å². The molecule has 0 aliphatic heterocycles. The van der Waals surface area contributed by atoms with Gasteiger partial charge in [-0.2, -0.15) is 0 Å². The van der Waals surface area contributed by atoms with Crippen molar-refractivity contribution < 1.29 is 0 Å². The second-order valence-corrected chi connectivity index (χ2v) is 6.05. The van der Waals surface area contributed by atoms with E-state index in [1.54, 1.807) is 11.8 Å². The van der Waals surface area contributed by atoms with E-state index in [0.29, 0.717) is 0 Å². The number of aromatic nitrogens is 2. The minimum Gasteiger partial charge on any atom is -0.311 e. The summed E-state index contributed by atoms with van der Waals surface area (Å²) in [7, 11) is 0. The molecule has 0 amide bonds. The fourth-order valence-corrected chi connectivity index (χ4v) is 3.15. The van der Waals surface area contributed by atoms with Crippen LogP contribution < -0.4 is 5.32 Å². The first-order chi connectivity index (χ1) is 10.3. The SMILES string of the molecule is CCNCc1c(Sc2ccc(C)cc2)nc2ccccn12. The van der Waals surface area contributed by atoms with Gasteiger partial charge in [0.25, 0.3) is 0 Å². The summed E-state index contributed by atoms with van der Waals surface area (Å²) in [6, 6.07) is 14.7. The fourth-order valence-electron chi connectivity index (χ4n) is 2.23. The van der Waals surface area contributed by atoms with Crippen molar-refractivity contribution in [1.82, 2.24) is 14.7 Å². The molecule has 0 bridgehead atoms. The number of fused-ring (bicyclic) bond motifs is 1. The number of nitrogens with one attached hydrogen (secondary N) is 1. The maximum absolute atomic E-state index is 4.77. The predicted molar refractivity (Wildman–Crippen MR) is 87.9 cm³/mol. The maximum Gasteiger partial charge on any atom is 0.138 e. The molecule has 0 fully saturated rings. The summed E-state index contributed by atoms with van der Waals surface area (Å²) in [5.41, 5.74) is 3.50. The Labute approximate surface area is 129 Å². The lowest BCUT2D eigenvalue weighted by Gasteiger charge is -2.05. The van der Waals surface area contributed by atoms with E-state index in [0.717, 1.165) is 23.8 Å². The first kappa shape index (κ1) is 14.2. The van der Waals surface area contributed by atoms with Gasteiger partial charge in [0.05, 0.1) is 5.69 Å². The highest BCUT2D eigenvalue weighted by Crippen LogP contribution is 2.30. The molecule has 108 valence electrons. The van der Waals surface area contributed by atoms with E-state index >= 15 is 0 Å². The molecule has 4 heteroatoms. The normalized spacial score (nSPS) is 11.1. The van der Waals surface area contributed by atoms with Crippen LogP contribution in [0.3, 0.4) is 0 Å². The monoisotopic (exact) mass is 297 g/mol. The van der Waals surface area contributed by atoms with Crippen molar-refractivity contribution in [3.05, 3.63) is 59.9 Å². The topological polar surface area (TPSA) is 29.3 Å². The molecule has 0 spiro atoms. The lowest BCUT2D eigenvalue weighted by Crippen LogP contribution is -2.13. The zero-order chi connectivity index (χ0) is 14.7. The number of nitrogens with zero attached hydrogens (tertiary/aromatic N) is 2. The van der Waals surface area contributed by atoms with Gasteiger partial charge < -0.3 is 9.72 Å². The Hall–Kier alpha value is -1.78. The Morgan fingerprint density at radius 1 is 1.14 bits per heavy atom. The summed E-state index contributed by atoms with van der Waals surface area (Å²) in [4.78, 5) is 5.99. The van der Waals surface area contributed by atoms with Gasteiger partial charge in [-0.25, -0.2) is 4.98 Å². The van der Waals surface area contributed by atoms with Crippen LogP contribution in [0.5, 0.6) is 0 Å². The average molecular weight is 297 g/mol. The summed E-state index contributed by atoms with van der Waals surface area (Å²) in [5, 5.41) is 4.48. The standard InChI is InChI=1S/C17H19N3S/c1-3-18-12-15-17(19-16-6-4-5-11-20(15)16)21-14-9-7-13(2)8-10-14/h4-11,18H,3,12H2,1-2H3. The third-order valence-electron chi connectivity index (χ3n) is 3.37. The zero-order valence-corrected chi connectivity index (χ0v) is 13.2. The molecule has 0 saturated heterocycles. The second kappa shape index (κ2) is 6.33. The van der Waals surface area contributed by atoms with Crippen LogP contribution in [0, 0.1) is 6.92 Å². The van der Waals surface area contributed by atoms with E-state index in [1.165, 1.54) is 16.2 Å². The van der Waals surface area contributed by atoms with Crippen molar-refractivity contribution in [3.63, 3.8) is 0 Å². The van der Waals surface area contributed by atoms with Crippen LogP contribution in [0.4, 0.5) is 0 Å². The molecule has 1 N–H and O–H groups in total. The predicted octanol–water partition coefficient (Wildman–Crippen LogP) is 3.90. The molecule has 0 aliphatic rings. The van der Waals surface area contributed by atoms with Crippen molar-refractivity contribution in [2.75, 3.05) is 6.54 Å². The lowest BCUT2D eigenvalue weighted by atomic mass is 10.2. The molecule has 3 rings (SSSR count). The number of aryl methyl sites for hydroxylation is 1. The van der Waals surface area contributed by atoms with Gasteiger partial charge in [0.1, 0.15) is 10.7 Å². The molecule has 0 unspecified atom stereocenters. The molecule has 2 aromatic heterocycles. The molecule has 2 heterocycles. The van der Waals surface area contributed by atoms with Gasteiger partial charge >= 0.3 is 0 Å². The number of hydrogen-bond donors (Lipinski definition) is 1. The minimum atomic E-state index is 0.829. The van der Waals surface area contributed by atoms with Gasteiger partial charge in [-0.3, -0.25) is 0 Å². The number of rotatable bonds is 5. The van der Waals surface area contributed by atoms with Crippen molar-refractivity contribution in [1.29, 1.82) is 0 Å². The van der Waals surface area contributed by atoms with Crippen LogP contribution >= 0.6 is 11.8 Å². The van der Waals surface area contributed by atoms with Gasteiger partial charge in [-0.15, -0.1) is 0 Å². The first-order valence-corrected chi connectivity index (χ1v) is 8.01. The largest absolute Gasteiger partial charge is 0.311 e. The van der Waals surface area contributed by atoms with Gasteiger partial charge in [0, 0.05) is 17.6 Å². The first-order valence-electron chi connectivity index (χ1n) is 7.19. The van der Waals surface area contributed by atoms with Gasteiger partial charge in [0.15, 0.2) is 0 Å². The maximum atomic E-state index is 4.77. The van der Waals surface area contributed by atoms with Crippen molar-refractivity contribution in [2.45, 2.75) is 30.3 Å². The molecule has 0 radical (unpaired) electrons. The molecule has 1 aromatic carbocycles. The Kier molecular flexibility index (Phi) is 4.27. The number of hydrogen-bond acceptors (Lipinski definition) is 3. The number of imidazole rings is 1. The second-order valence-electron chi connectivity index (χ2n) is 4.99. The van der Waals surface area contributed by atoms with Crippen LogP contribution in [0.25, 0.3) is 5.65 Å². The molecular formula is C17H19N3S. The number of pyridine rings is 1. The van der Waals surface area contributed by atoms with E-state index in [2.05, 4.69) is 60.1 Å². The molecule has 0 atom stereocenters.